The van der Waals surface area contributed by atoms with Crippen molar-refractivity contribution >= 4 is 35.8 Å². The molecule has 1 aliphatic carbocycles. The van der Waals surface area contributed by atoms with E-state index in [1.165, 1.54) is 18.4 Å². The summed E-state index contributed by atoms with van der Waals surface area (Å²) in [6, 6.07) is 18.5. The highest BCUT2D eigenvalue weighted by Crippen LogP contribution is 2.47. The first kappa shape index (κ1) is 25.2. The number of hydrogen-bond donors (Lipinski definition) is 2. The molecule has 5 nitrogen and oxygen atoms in total. The van der Waals surface area contributed by atoms with E-state index in [2.05, 4.69) is 47.9 Å². The van der Waals surface area contributed by atoms with E-state index in [4.69, 9.17) is 4.99 Å². The van der Waals surface area contributed by atoms with Gasteiger partial charge in [0.1, 0.15) is 0 Å². The van der Waals surface area contributed by atoms with Gasteiger partial charge in [-0.15, -0.1) is 24.0 Å². The molecule has 1 aliphatic rings. The van der Waals surface area contributed by atoms with Crippen molar-refractivity contribution in [2.75, 3.05) is 26.2 Å². The second-order valence-corrected chi connectivity index (χ2v) is 7.87. The summed E-state index contributed by atoms with van der Waals surface area (Å²) in [5.74, 6) is 0.920. The first-order chi connectivity index (χ1) is 14.6. The largest absolute Gasteiger partial charge is 0.357 e. The highest BCUT2D eigenvalue weighted by molar-refractivity contribution is 14.0. The van der Waals surface area contributed by atoms with Gasteiger partial charge in [0, 0.05) is 37.2 Å². The van der Waals surface area contributed by atoms with Crippen LogP contribution in [-0.4, -0.2) is 42.9 Å². The van der Waals surface area contributed by atoms with Crippen LogP contribution in [0.4, 0.5) is 0 Å². The van der Waals surface area contributed by atoms with Gasteiger partial charge >= 0.3 is 0 Å². The Kier molecular flexibility index (Phi) is 9.81. The van der Waals surface area contributed by atoms with E-state index in [0.717, 1.165) is 43.3 Å². The lowest BCUT2D eigenvalue weighted by Crippen LogP contribution is -2.41. The zero-order valence-corrected chi connectivity index (χ0v) is 21.2. The fraction of sp³-hybridized carbons (Fsp3) is 0.440. The summed E-state index contributed by atoms with van der Waals surface area (Å²) >= 11 is 0. The van der Waals surface area contributed by atoms with Crippen LogP contribution in [0, 0.1) is 0 Å². The SMILES string of the molecule is CCNC(=NCc1ccc(C(=O)N(CC)CC)cc1)NCC1(c2ccccc2)CC1.I. The molecule has 3 rings (SSSR count). The maximum atomic E-state index is 12.4. The normalized spacial score (nSPS) is 14.4. The van der Waals surface area contributed by atoms with Crippen LogP contribution in [0.25, 0.3) is 0 Å². The topological polar surface area (TPSA) is 56.7 Å². The molecule has 31 heavy (non-hydrogen) atoms. The zero-order valence-electron chi connectivity index (χ0n) is 18.9. The maximum absolute atomic E-state index is 12.4. The zero-order chi connectivity index (χ0) is 21.4. The second-order valence-electron chi connectivity index (χ2n) is 7.87. The first-order valence-corrected chi connectivity index (χ1v) is 11.1. The number of nitrogens with zero attached hydrogens (tertiary/aromatic N) is 2. The van der Waals surface area contributed by atoms with Crippen molar-refractivity contribution in [2.45, 2.75) is 45.6 Å². The van der Waals surface area contributed by atoms with Crippen LogP contribution < -0.4 is 10.6 Å². The van der Waals surface area contributed by atoms with Crippen LogP contribution in [0.3, 0.4) is 0 Å². The molecule has 0 aliphatic heterocycles. The van der Waals surface area contributed by atoms with Crippen LogP contribution in [0.15, 0.2) is 59.6 Å². The summed E-state index contributed by atoms with van der Waals surface area (Å²) < 4.78 is 0. The van der Waals surface area contributed by atoms with Crippen molar-refractivity contribution in [2.24, 2.45) is 4.99 Å². The summed E-state index contributed by atoms with van der Waals surface area (Å²) in [5.41, 5.74) is 3.47. The third-order valence-electron chi connectivity index (χ3n) is 5.85. The number of guanidine groups is 1. The summed E-state index contributed by atoms with van der Waals surface area (Å²) in [4.78, 5) is 19.0. The molecule has 0 atom stereocenters. The molecular formula is C25H35IN4O. The van der Waals surface area contributed by atoms with Crippen molar-refractivity contribution in [3.8, 4) is 0 Å². The van der Waals surface area contributed by atoms with Crippen LogP contribution in [0.5, 0.6) is 0 Å². The minimum Gasteiger partial charge on any atom is -0.357 e. The highest BCUT2D eigenvalue weighted by Gasteiger charge is 2.43. The van der Waals surface area contributed by atoms with E-state index in [-0.39, 0.29) is 35.3 Å². The molecule has 0 bridgehead atoms. The fourth-order valence-electron chi connectivity index (χ4n) is 3.72. The van der Waals surface area contributed by atoms with Gasteiger partial charge in [-0.25, -0.2) is 4.99 Å². The molecule has 0 unspecified atom stereocenters. The molecule has 2 aromatic carbocycles. The van der Waals surface area contributed by atoms with E-state index in [1.54, 1.807) is 0 Å². The average molecular weight is 534 g/mol. The molecule has 0 heterocycles. The number of carbonyl (C=O) groups excluding carboxylic acids is 1. The first-order valence-electron chi connectivity index (χ1n) is 11.1. The molecule has 1 amide bonds. The predicted molar refractivity (Wildman–Crippen MR) is 139 cm³/mol. The van der Waals surface area contributed by atoms with Gasteiger partial charge in [0.2, 0.25) is 0 Å². The van der Waals surface area contributed by atoms with E-state index in [1.807, 2.05) is 43.0 Å². The van der Waals surface area contributed by atoms with Gasteiger partial charge in [-0.1, -0.05) is 42.5 Å². The van der Waals surface area contributed by atoms with Crippen molar-refractivity contribution in [3.63, 3.8) is 0 Å². The minimum absolute atomic E-state index is 0. The van der Waals surface area contributed by atoms with Gasteiger partial charge in [-0.3, -0.25) is 4.79 Å². The Labute approximate surface area is 203 Å². The Balaban J connectivity index is 0.00000341. The number of rotatable bonds is 9. The third kappa shape index (κ3) is 6.69. The van der Waals surface area contributed by atoms with Crippen molar-refractivity contribution < 1.29 is 4.79 Å². The van der Waals surface area contributed by atoms with Crippen molar-refractivity contribution in [3.05, 3.63) is 71.3 Å². The monoisotopic (exact) mass is 534 g/mol. The molecule has 0 radical (unpaired) electrons. The molecule has 0 saturated heterocycles. The quantitative estimate of drug-likeness (QED) is 0.282. The lowest BCUT2D eigenvalue weighted by molar-refractivity contribution is 0.0773. The molecule has 168 valence electrons. The summed E-state index contributed by atoms with van der Waals surface area (Å²) in [6.07, 6.45) is 2.43. The number of benzene rings is 2. The standard InChI is InChI=1S/C25H34N4O.HI/c1-4-26-24(28-19-25(16-17-25)22-10-8-7-9-11-22)27-18-20-12-14-21(15-13-20)23(30)29(5-2)6-3;/h7-15H,4-6,16-19H2,1-3H3,(H2,26,27,28);1H. The molecule has 2 aromatic rings. The average Bonchev–Trinajstić information content (AvgIpc) is 3.58. The van der Waals surface area contributed by atoms with Crippen LogP contribution in [0.2, 0.25) is 0 Å². The smallest absolute Gasteiger partial charge is 0.253 e. The Morgan fingerprint density at radius 3 is 2.16 bits per heavy atom. The number of hydrogen-bond acceptors (Lipinski definition) is 2. The van der Waals surface area contributed by atoms with E-state index in [0.29, 0.717) is 6.54 Å². The Bertz CT molecular complexity index is 844. The Morgan fingerprint density at radius 2 is 1.61 bits per heavy atom. The fourth-order valence-corrected chi connectivity index (χ4v) is 3.72. The molecule has 1 saturated carbocycles. The second kappa shape index (κ2) is 12.1. The van der Waals surface area contributed by atoms with E-state index in [9.17, 15) is 4.79 Å². The molecule has 6 heteroatoms. The maximum Gasteiger partial charge on any atom is 0.253 e. The number of amides is 1. The number of aliphatic imine (C=N–C) groups is 1. The Hall–Kier alpha value is -2.09. The van der Waals surface area contributed by atoms with Crippen LogP contribution in [-0.2, 0) is 12.0 Å². The number of halogens is 1. The number of nitrogens with one attached hydrogen (secondary N) is 2. The van der Waals surface area contributed by atoms with E-state index >= 15 is 0 Å². The van der Waals surface area contributed by atoms with Crippen molar-refractivity contribution in [1.29, 1.82) is 0 Å². The van der Waals surface area contributed by atoms with E-state index < -0.39 is 0 Å². The lowest BCUT2D eigenvalue weighted by atomic mass is 9.96. The van der Waals surface area contributed by atoms with Gasteiger partial charge in [0.25, 0.3) is 5.91 Å². The minimum atomic E-state index is 0. The van der Waals surface area contributed by atoms with Crippen LogP contribution >= 0.6 is 24.0 Å². The molecular weight excluding hydrogens is 499 g/mol. The molecule has 0 spiro atoms. The highest BCUT2D eigenvalue weighted by atomic mass is 127. The van der Waals surface area contributed by atoms with Gasteiger partial charge < -0.3 is 15.5 Å². The van der Waals surface area contributed by atoms with Crippen molar-refractivity contribution in [1.82, 2.24) is 15.5 Å². The van der Waals surface area contributed by atoms with Gasteiger partial charge in [0.05, 0.1) is 6.54 Å². The molecule has 1 fully saturated rings. The number of carbonyl (C=O) groups is 1. The lowest BCUT2D eigenvalue weighted by Gasteiger charge is -2.19. The van der Waals surface area contributed by atoms with Gasteiger partial charge in [0.15, 0.2) is 5.96 Å². The van der Waals surface area contributed by atoms with Gasteiger partial charge in [-0.2, -0.15) is 0 Å². The van der Waals surface area contributed by atoms with Gasteiger partial charge in [-0.05, 0) is 56.9 Å². The Morgan fingerprint density at radius 1 is 0.968 bits per heavy atom. The third-order valence-corrected chi connectivity index (χ3v) is 5.85. The molecule has 0 aromatic heterocycles. The summed E-state index contributed by atoms with van der Waals surface area (Å²) in [5, 5.41) is 6.87. The summed E-state index contributed by atoms with van der Waals surface area (Å²) in [6.45, 7) is 9.82. The van der Waals surface area contributed by atoms with Crippen LogP contribution in [0.1, 0.15) is 55.1 Å². The molecule has 2 N–H and O–H groups in total. The summed E-state index contributed by atoms with van der Waals surface area (Å²) in [7, 11) is 0. The predicted octanol–water partition coefficient (Wildman–Crippen LogP) is 4.57.